The maximum Gasteiger partial charge on any atom is 0.138 e. The number of aromatic nitrogens is 1. The molecule has 1 heterocycles. The summed E-state index contributed by atoms with van der Waals surface area (Å²) in [5, 5.41) is 0. The average molecular weight is 203 g/mol. The Kier molecular flexibility index (Phi) is 2.93. The van der Waals surface area contributed by atoms with Gasteiger partial charge in [0.15, 0.2) is 0 Å². The monoisotopic (exact) mass is 203 g/mol. The van der Waals surface area contributed by atoms with Gasteiger partial charge >= 0.3 is 0 Å². The van der Waals surface area contributed by atoms with E-state index < -0.39 is 0 Å². The minimum Gasteiger partial charge on any atom is -0.487 e. The molecule has 0 bridgehead atoms. The van der Waals surface area contributed by atoms with Crippen molar-refractivity contribution in [2.24, 2.45) is 0 Å². The third-order valence-corrected chi connectivity index (χ3v) is 1.95. The molecule has 0 aliphatic heterocycles. The number of benzene rings is 1. The lowest BCUT2D eigenvalue weighted by Crippen LogP contribution is -1.95. The van der Waals surface area contributed by atoms with Gasteiger partial charge in [-0.1, -0.05) is 12.1 Å². The maximum atomic E-state index is 12.6. The first-order chi connectivity index (χ1) is 7.34. The molecule has 76 valence electrons. The van der Waals surface area contributed by atoms with E-state index in [1.807, 2.05) is 6.07 Å². The van der Waals surface area contributed by atoms with Gasteiger partial charge in [0.1, 0.15) is 18.2 Å². The first-order valence-corrected chi connectivity index (χ1v) is 4.62. The van der Waals surface area contributed by atoms with Gasteiger partial charge in [-0.05, 0) is 29.8 Å². The van der Waals surface area contributed by atoms with E-state index in [1.165, 1.54) is 12.1 Å². The second-order valence-electron chi connectivity index (χ2n) is 3.10. The van der Waals surface area contributed by atoms with Gasteiger partial charge in [-0.3, -0.25) is 4.98 Å². The van der Waals surface area contributed by atoms with Crippen LogP contribution in [0.4, 0.5) is 4.39 Å². The zero-order valence-corrected chi connectivity index (χ0v) is 8.06. The number of rotatable bonds is 3. The number of pyridine rings is 1. The standard InChI is InChI=1S/C12H10FNO/c13-11-5-3-10(4-6-11)9-15-12-2-1-7-14-8-12/h1-8H,9H2. The molecular weight excluding hydrogens is 193 g/mol. The van der Waals surface area contributed by atoms with Crippen LogP contribution in [0.25, 0.3) is 0 Å². The van der Waals surface area contributed by atoms with Gasteiger partial charge in [-0.2, -0.15) is 0 Å². The van der Waals surface area contributed by atoms with Gasteiger partial charge < -0.3 is 4.74 Å². The van der Waals surface area contributed by atoms with Crippen LogP contribution < -0.4 is 4.74 Å². The molecule has 15 heavy (non-hydrogen) atoms. The molecule has 0 atom stereocenters. The highest BCUT2D eigenvalue weighted by molar-refractivity contribution is 5.19. The highest BCUT2D eigenvalue weighted by Gasteiger charge is 1.95. The van der Waals surface area contributed by atoms with E-state index in [4.69, 9.17) is 4.74 Å². The Hall–Kier alpha value is -1.90. The summed E-state index contributed by atoms with van der Waals surface area (Å²) < 4.78 is 18.0. The summed E-state index contributed by atoms with van der Waals surface area (Å²) in [5.41, 5.74) is 0.931. The minimum atomic E-state index is -0.236. The SMILES string of the molecule is Fc1ccc(COc2cccnc2)cc1. The highest BCUT2D eigenvalue weighted by Crippen LogP contribution is 2.10. The fourth-order valence-electron chi connectivity index (χ4n) is 1.18. The molecule has 1 aromatic carbocycles. The van der Waals surface area contributed by atoms with Crippen molar-refractivity contribution >= 4 is 0 Å². The average Bonchev–Trinajstić information content (AvgIpc) is 2.30. The molecule has 0 N–H and O–H groups in total. The maximum absolute atomic E-state index is 12.6. The Bertz CT molecular complexity index is 413. The lowest BCUT2D eigenvalue weighted by atomic mass is 10.2. The Morgan fingerprint density at radius 3 is 2.60 bits per heavy atom. The largest absolute Gasteiger partial charge is 0.487 e. The molecule has 0 spiro atoms. The second kappa shape index (κ2) is 4.55. The van der Waals surface area contributed by atoms with Crippen molar-refractivity contribution in [1.29, 1.82) is 0 Å². The lowest BCUT2D eigenvalue weighted by Gasteiger charge is -2.04. The molecule has 0 fully saturated rings. The summed E-state index contributed by atoms with van der Waals surface area (Å²) in [5.74, 6) is 0.474. The predicted molar refractivity (Wildman–Crippen MR) is 55.0 cm³/mol. The molecule has 0 aliphatic carbocycles. The van der Waals surface area contributed by atoms with E-state index in [0.717, 1.165) is 5.56 Å². The van der Waals surface area contributed by atoms with Crippen LogP contribution in [0.5, 0.6) is 5.75 Å². The van der Waals surface area contributed by atoms with E-state index in [9.17, 15) is 4.39 Å². The van der Waals surface area contributed by atoms with Crippen molar-refractivity contribution in [1.82, 2.24) is 4.98 Å². The molecule has 0 amide bonds. The van der Waals surface area contributed by atoms with E-state index in [2.05, 4.69) is 4.98 Å². The van der Waals surface area contributed by atoms with Crippen LogP contribution in [-0.2, 0) is 6.61 Å². The Balaban J connectivity index is 1.96. The predicted octanol–water partition coefficient (Wildman–Crippen LogP) is 2.80. The van der Waals surface area contributed by atoms with Gasteiger partial charge in [0.05, 0.1) is 6.20 Å². The molecule has 0 saturated carbocycles. The fraction of sp³-hybridized carbons (Fsp3) is 0.0833. The topological polar surface area (TPSA) is 22.1 Å². The van der Waals surface area contributed by atoms with Crippen LogP contribution in [-0.4, -0.2) is 4.98 Å². The smallest absolute Gasteiger partial charge is 0.138 e. The molecule has 2 aromatic rings. The van der Waals surface area contributed by atoms with Crippen molar-refractivity contribution in [3.63, 3.8) is 0 Å². The van der Waals surface area contributed by atoms with Crippen LogP contribution in [0.2, 0.25) is 0 Å². The number of hydrogen-bond donors (Lipinski definition) is 0. The summed E-state index contributed by atoms with van der Waals surface area (Å²) >= 11 is 0. The Labute approximate surface area is 87.4 Å². The number of nitrogens with zero attached hydrogens (tertiary/aromatic N) is 1. The quantitative estimate of drug-likeness (QED) is 0.765. The second-order valence-corrected chi connectivity index (χ2v) is 3.10. The Morgan fingerprint density at radius 1 is 1.13 bits per heavy atom. The van der Waals surface area contributed by atoms with E-state index >= 15 is 0 Å². The van der Waals surface area contributed by atoms with Crippen molar-refractivity contribution < 1.29 is 9.13 Å². The van der Waals surface area contributed by atoms with Gasteiger partial charge in [-0.15, -0.1) is 0 Å². The summed E-state index contributed by atoms with van der Waals surface area (Å²) in [6.07, 6.45) is 3.33. The van der Waals surface area contributed by atoms with E-state index in [0.29, 0.717) is 12.4 Å². The molecule has 0 unspecified atom stereocenters. The van der Waals surface area contributed by atoms with Gasteiger partial charge in [0.2, 0.25) is 0 Å². The molecule has 0 aliphatic rings. The van der Waals surface area contributed by atoms with E-state index in [-0.39, 0.29) is 5.82 Å². The van der Waals surface area contributed by atoms with E-state index in [1.54, 1.807) is 30.6 Å². The fourth-order valence-corrected chi connectivity index (χ4v) is 1.18. The first kappa shape index (κ1) is 9.65. The molecule has 2 rings (SSSR count). The molecular formula is C12H10FNO. The van der Waals surface area contributed by atoms with Crippen molar-refractivity contribution in [3.05, 3.63) is 60.2 Å². The number of halogens is 1. The first-order valence-electron chi connectivity index (χ1n) is 4.62. The summed E-state index contributed by atoms with van der Waals surface area (Å²) in [6.45, 7) is 0.423. The molecule has 0 radical (unpaired) electrons. The normalized spacial score (nSPS) is 9.93. The van der Waals surface area contributed by atoms with Gasteiger partial charge in [-0.25, -0.2) is 4.39 Å². The van der Waals surface area contributed by atoms with Crippen molar-refractivity contribution in [2.75, 3.05) is 0 Å². The summed E-state index contributed by atoms with van der Waals surface area (Å²) in [7, 11) is 0. The van der Waals surface area contributed by atoms with Crippen LogP contribution >= 0.6 is 0 Å². The zero-order valence-electron chi connectivity index (χ0n) is 8.06. The summed E-state index contributed by atoms with van der Waals surface area (Å²) in [4.78, 5) is 3.93. The lowest BCUT2D eigenvalue weighted by molar-refractivity contribution is 0.305. The van der Waals surface area contributed by atoms with Crippen LogP contribution in [0, 0.1) is 5.82 Å². The third-order valence-electron chi connectivity index (χ3n) is 1.95. The molecule has 3 heteroatoms. The number of hydrogen-bond acceptors (Lipinski definition) is 2. The van der Waals surface area contributed by atoms with Crippen LogP contribution in [0.15, 0.2) is 48.8 Å². The zero-order chi connectivity index (χ0) is 10.5. The third kappa shape index (κ3) is 2.77. The Morgan fingerprint density at radius 2 is 1.93 bits per heavy atom. The highest BCUT2D eigenvalue weighted by atomic mass is 19.1. The molecule has 0 saturated heterocycles. The molecule has 1 aromatic heterocycles. The molecule has 2 nitrogen and oxygen atoms in total. The van der Waals surface area contributed by atoms with Crippen molar-refractivity contribution in [3.8, 4) is 5.75 Å². The van der Waals surface area contributed by atoms with Crippen LogP contribution in [0.1, 0.15) is 5.56 Å². The van der Waals surface area contributed by atoms with Crippen molar-refractivity contribution in [2.45, 2.75) is 6.61 Å². The van der Waals surface area contributed by atoms with Crippen LogP contribution in [0.3, 0.4) is 0 Å². The summed E-state index contributed by atoms with van der Waals surface area (Å²) in [6, 6.07) is 9.87. The van der Waals surface area contributed by atoms with Gasteiger partial charge in [0.25, 0.3) is 0 Å². The number of ether oxygens (including phenoxy) is 1. The van der Waals surface area contributed by atoms with Gasteiger partial charge in [0, 0.05) is 6.20 Å². The minimum absolute atomic E-state index is 0.236.